The minimum Gasteiger partial charge on any atom is -0.543 e. The molecule has 0 amide bonds. The van der Waals surface area contributed by atoms with Crippen molar-refractivity contribution in [3.05, 3.63) is 65.9 Å². The second kappa shape index (κ2) is 10.4. The van der Waals surface area contributed by atoms with E-state index in [0.29, 0.717) is 35.7 Å². The van der Waals surface area contributed by atoms with Crippen LogP contribution < -0.4 is 9.16 Å². The third kappa shape index (κ3) is 4.82. The number of methoxy groups -OCH3 is 1. The Morgan fingerprint density at radius 3 is 2.17 bits per heavy atom. The van der Waals surface area contributed by atoms with Gasteiger partial charge in [0.1, 0.15) is 12.4 Å². The molecule has 4 aromatic rings. The fourth-order valence-electron chi connectivity index (χ4n) is 5.67. The predicted molar refractivity (Wildman–Crippen MR) is 147 cm³/mol. The quantitative estimate of drug-likeness (QED) is 0.229. The third-order valence-corrected chi connectivity index (χ3v) is 13.2. The monoisotopic (exact) mass is 490 g/mol. The SMILES string of the molecule is COCc1c(OCc2ccccc2)ncc2[nH]c3ccc(O[Si](C(C)C)(C(C)C)C(C)C)cc3c12. The lowest BCUT2D eigenvalue weighted by atomic mass is 10.1. The largest absolute Gasteiger partial charge is 0.543 e. The van der Waals surface area contributed by atoms with Gasteiger partial charge in [0.2, 0.25) is 5.88 Å². The van der Waals surface area contributed by atoms with Gasteiger partial charge in [0, 0.05) is 29.0 Å². The summed E-state index contributed by atoms with van der Waals surface area (Å²) in [5.41, 5.74) is 5.59. The Balaban J connectivity index is 1.79. The molecule has 186 valence electrons. The maximum atomic E-state index is 7.00. The van der Waals surface area contributed by atoms with E-state index in [2.05, 4.69) is 81.8 Å². The molecule has 0 radical (unpaired) electrons. The number of nitrogens with one attached hydrogen (secondary N) is 1. The summed E-state index contributed by atoms with van der Waals surface area (Å²) in [6.45, 7) is 14.8. The van der Waals surface area contributed by atoms with Crippen molar-refractivity contribution >= 4 is 30.1 Å². The molecule has 0 saturated carbocycles. The van der Waals surface area contributed by atoms with Crippen molar-refractivity contribution in [1.82, 2.24) is 9.97 Å². The molecular formula is C29H38N2O3Si. The molecule has 35 heavy (non-hydrogen) atoms. The van der Waals surface area contributed by atoms with Gasteiger partial charge in [0.05, 0.1) is 18.3 Å². The fourth-order valence-corrected chi connectivity index (χ4v) is 10.9. The van der Waals surface area contributed by atoms with E-state index in [9.17, 15) is 0 Å². The zero-order valence-corrected chi connectivity index (χ0v) is 23.0. The predicted octanol–water partition coefficient (Wildman–Crippen LogP) is 8.00. The fraction of sp³-hybridized carbons (Fsp3) is 0.414. The number of nitrogens with zero attached hydrogens (tertiary/aromatic N) is 1. The molecule has 0 spiro atoms. The summed E-state index contributed by atoms with van der Waals surface area (Å²) >= 11 is 0. The highest BCUT2D eigenvalue weighted by molar-refractivity contribution is 6.78. The lowest BCUT2D eigenvalue weighted by Gasteiger charge is -2.42. The summed E-state index contributed by atoms with van der Waals surface area (Å²) in [5.74, 6) is 1.54. The van der Waals surface area contributed by atoms with Gasteiger partial charge in [-0.15, -0.1) is 0 Å². The number of rotatable bonds is 10. The van der Waals surface area contributed by atoms with Crippen LogP contribution in [0, 0.1) is 0 Å². The van der Waals surface area contributed by atoms with Gasteiger partial charge in [0.25, 0.3) is 8.32 Å². The first-order chi connectivity index (χ1) is 16.8. The van der Waals surface area contributed by atoms with Crippen molar-refractivity contribution in [2.75, 3.05) is 7.11 Å². The van der Waals surface area contributed by atoms with E-state index in [1.165, 1.54) is 0 Å². The van der Waals surface area contributed by atoms with Crippen molar-refractivity contribution in [3.63, 3.8) is 0 Å². The Labute approximate surface area is 210 Å². The molecule has 2 aromatic heterocycles. The number of benzene rings is 2. The molecule has 0 aliphatic carbocycles. The number of fused-ring (bicyclic) bond motifs is 3. The first-order valence-corrected chi connectivity index (χ1v) is 14.7. The summed E-state index contributed by atoms with van der Waals surface area (Å²) in [4.78, 5) is 8.15. The Morgan fingerprint density at radius 2 is 1.54 bits per heavy atom. The molecule has 6 heteroatoms. The van der Waals surface area contributed by atoms with Gasteiger partial charge in [-0.05, 0) is 40.4 Å². The van der Waals surface area contributed by atoms with Crippen molar-refractivity contribution in [1.29, 1.82) is 0 Å². The molecule has 0 saturated heterocycles. The Kier molecular flexibility index (Phi) is 7.52. The van der Waals surface area contributed by atoms with Crippen LogP contribution in [0.1, 0.15) is 52.7 Å². The van der Waals surface area contributed by atoms with E-state index in [4.69, 9.17) is 13.9 Å². The van der Waals surface area contributed by atoms with Gasteiger partial charge < -0.3 is 18.9 Å². The molecule has 0 bridgehead atoms. The number of hydrogen-bond acceptors (Lipinski definition) is 4. The van der Waals surface area contributed by atoms with E-state index in [1.54, 1.807) is 7.11 Å². The summed E-state index contributed by atoms with van der Waals surface area (Å²) in [6.07, 6.45) is 1.85. The molecule has 1 N–H and O–H groups in total. The molecule has 4 rings (SSSR count). The molecule has 5 nitrogen and oxygen atoms in total. The maximum Gasteiger partial charge on any atom is 0.258 e. The lowest BCUT2D eigenvalue weighted by Crippen LogP contribution is -2.50. The molecule has 0 unspecified atom stereocenters. The van der Waals surface area contributed by atoms with E-state index >= 15 is 0 Å². The first kappa shape index (κ1) is 25.3. The number of H-pyrrole nitrogens is 1. The van der Waals surface area contributed by atoms with Gasteiger partial charge >= 0.3 is 0 Å². The maximum absolute atomic E-state index is 7.00. The third-order valence-electron chi connectivity index (χ3n) is 7.18. The van der Waals surface area contributed by atoms with Crippen molar-refractivity contribution < 1.29 is 13.9 Å². The van der Waals surface area contributed by atoms with Crippen molar-refractivity contribution in [2.45, 2.75) is 71.4 Å². The molecule has 0 atom stereocenters. The second-order valence-electron chi connectivity index (χ2n) is 10.3. The van der Waals surface area contributed by atoms with Crippen LogP contribution in [0.5, 0.6) is 11.6 Å². The van der Waals surface area contributed by atoms with Crippen molar-refractivity contribution in [3.8, 4) is 11.6 Å². The van der Waals surface area contributed by atoms with E-state index < -0.39 is 8.32 Å². The minimum atomic E-state index is -2.06. The van der Waals surface area contributed by atoms with E-state index in [0.717, 1.165) is 38.7 Å². The molecule has 2 heterocycles. The van der Waals surface area contributed by atoms with Gasteiger partial charge in [-0.2, -0.15) is 0 Å². The van der Waals surface area contributed by atoms with Crippen LogP contribution in [-0.4, -0.2) is 25.4 Å². The molecule has 0 aliphatic rings. The summed E-state index contributed by atoms with van der Waals surface area (Å²) < 4.78 is 18.8. The average molecular weight is 491 g/mol. The topological polar surface area (TPSA) is 56.4 Å². The number of aromatic amines is 1. The van der Waals surface area contributed by atoms with Crippen LogP contribution in [0.2, 0.25) is 16.6 Å². The van der Waals surface area contributed by atoms with E-state index in [-0.39, 0.29) is 0 Å². The van der Waals surface area contributed by atoms with Crippen LogP contribution in [0.4, 0.5) is 0 Å². The zero-order chi connectivity index (χ0) is 25.2. The molecule has 0 aliphatic heterocycles. The van der Waals surface area contributed by atoms with E-state index in [1.807, 2.05) is 24.4 Å². The first-order valence-electron chi connectivity index (χ1n) is 12.6. The van der Waals surface area contributed by atoms with Gasteiger partial charge in [-0.3, -0.25) is 0 Å². The summed E-state index contributed by atoms with van der Waals surface area (Å²) in [6, 6.07) is 16.5. The Hall–Kier alpha value is -2.83. The van der Waals surface area contributed by atoms with Gasteiger partial charge in [-0.1, -0.05) is 71.9 Å². The summed E-state index contributed by atoms with van der Waals surface area (Å²) in [7, 11) is -0.359. The normalized spacial score (nSPS) is 12.4. The lowest BCUT2D eigenvalue weighted by molar-refractivity contribution is 0.179. The Bertz CT molecular complexity index is 1260. The highest BCUT2D eigenvalue weighted by Gasteiger charge is 2.47. The molecular weight excluding hydrogens is 452 g/mol. The van der Waals surface area contributed by atoms with Crippen LogP contribution >= 0.6 is 0 Å². The molecule has 0 fully saturated rings. The van der Waals surface area contributed by atoms with Gasteiger partial charge in [0.15, 0.2) is 0 Å². The van der Waals surface area contributed by atoms with Crippen LogP contribution in [0.3, 0.4) is 0 Å². The van der Waals surface area contributed by atoms with Crippen LogP contribution in [0.15, 0.2) is 54.7 Å². The number of ether oxygens (including phenoxy) is 2. The number of aromatic nitrogens is 2. The minimum absolute atomic E-state index is 0.412. The number of hydrogen-bond donors (Lipinski definition) is 1. The Morgan fingerprint density at radius 1 is 0.857 bits per heavy atom. The average Bonchev–Trinajstić information content (AvgIpc) is 3.20. The highest BCUT2D eigenvalue weighted by atomic mass is 28.4. The number of pyridine rings is 1. The zero-order valence-electron chi connectivity index (χ0n) is 22.0. The van der Waals surface area contributed by atoms with Crippen LogP contribution in [0.25, 0.3) is 21.8 Å². The summed E-state index contributed by atoms with van der Waals surface area (Å²) in [5, 5.41) is 2.19. The van der Waals surface area contributed by atoms with Crippen molar-refractivity contribution in [2.24, 2.45) is 0 Å². The second-order valence-corrected chi connectivity index (χ2v) is 15.7. The standard InChI is InChI=1S/C29H38N2O3Si/c1-19(2)35(20(3)4,21(5)6)34-23-13-14-26-24(15-23)28-25(18-32-7)29(30-16-27(28)31-26)33-17-22-11-9-8-10-12-22/h8-16,19-21,31H,17-18H2,1-7H3. The van der Waals surface area contributed by atoms with Crippen LogP contribution in [-0.2, 0) is 18.0 Å². The highest BCUT2D eigenvalue weighted by Crippen LogP contribution is 2.44. The van der Waals surface area contributed by atoms with Gasteiger partial charge in [-0.25, -0.2) is 4.98 Å². The smallest absolute Gasteiger partial charge is 0.258 e. The molecule has 2 aromatic carbocycles.